The molecule has 0 aromatic heterocycles. The van der Waals surface area contributed by atoms with Crippen LogP contribution in [0.15, 0.2) is 22.7 Å². The number of nitrogens with zero attached hydrogens (tertiary/aromatic N) is 1. The quantitative estimate of drug-likeness (QED) is 0.910. The summed E-state index contributed by atoms with van der Waals surface area (Å²) >= 11 is 3.10. The minimum absolute atomic E-state index is 0.0200. The molecule has 19 heavy (non-hydrogen) atoms. The lowest BCUT2D eigenvalue weighted by Crippen LogP contribution is -2.39. The van der Waals surface area contributed by atoms with E-state index in [1.54, 1.807) is 6.92 Å². The average Bonchev–Trinajstić information content (AvgIpc) is 2.26. The van der Waals surface area contributed by atoms with E-state index in [4.69, 9.17) is 0 Å². The molecule has 1 aromatic carbocycles. The first-order chi connectivity index (χ1) is 8.74. The van der Waals surface area contributed by atoms with Gasteiger partial charge in [-0.3, -0.25) is 4.79 Å². The largest absolute Gasteiger partial charge is 0.507 e. The molecule has 0 unspecified atom stereocenters. The standard InChI is InChI=1S/C12H13BrF3NO2/c1-2-5-17(7-12(14,15)16)11(19)9-4-3-8(13)6-10(9)18/h3-4,6,18H,2,5,7H2,1H3. The van der Waals surface area contributed by atoms with Crippen molar-refractivity contribution >= 4 is 21.8 Å². The van der Waals surface area contributed by atoms with E-state index in [0.29, 0.717) is 15.8 Å². The average molecular weight is 340 g/mol. The van der Waals surface area contributed by atoms with Crippen LogP contribution < -0.4 is 0 Å². The summed E-state index contributed by atoms with van der Waals surface area (Å²) in [5.41, 5.74) is -0.138. The Balaban J connectivity index is 2.99. The van der Waals surface area contributed by atoms with E-state index in [1.807, 2.05) is 0 Å². The number of rotatable bonds is 4. The van der Waals surface area contributed by atoms with Crippen LogP contribution in [0, 0.1) is 0 Å². The summed E-state index contributed by atoms with van der Waals surface area (Å²) in [4.78, 5) is 12.7. The zero-order valence-corrected chi connectivity index (χ0v) is 11.8. The second kappa shape index (κ2) is 6.27. The predicted molar refractivity (Wildman–Crippen MR) is 68.1 cm³/mol. The topological polar surface area (TPSA) is 40.5 Å². The molecule has 0 aliphatic rings. The first-order valence-corrected chi connectivity index (χ1v) is 6.38. The molecular formula is C12H13BrF3NO2. The van der Waals surface area contributed by atoms with Crippen LogP contribution in [0.25, 0.3) is 0 Å². The van der Waals surface area contributed by atoms with Crippen molar-refractivity contribution in [1.82, 2.24) is 4.90 Å². The van der Waals surface area contributed by atoms with Gasteiger partial charge in [0.25, 0.3) is 5.91 Å². The van der Waals surface area contributed by atoms with E-state index >= 15 is 0 Å². The van der Waals surface area contributed by atoms with Gasteiger partial charge in [-0.1, -0.05) is 22.9 Å². The van der Waals surface area contributed by atoms with Gasteiger partial charge in [0.2, 0.25) is 0 Å². The fraction of sp³-hybridized carbons (Fsp3) is 0.417. The molecule has 0 aliphatic heterocycles. The number of hydrogen-bond donors (Lipinski definition) is 1. The van der Waals surface area contributed by atoms with Crippen LogP contribution in [-0.4, -0.2) is 35.2 Å². The zero-order valence-electron chi connectivity index (χ0n) is 10.2. The van der Waals surface area contributed by atoms with Gasteiger partial charge in [0.05, 0.1) is 5.56 Å². The van der Waals surface area contributed by atoms with Crippen molar-refractivity contribution in [3.63, 3.8) is 0 Å². The molecule has 3 nitrogen and oxygen atoms in total. The molecule has 7 heteroatoms. The molecule has 1 aromatic rings. The van der Waals surface area contributed by atoms with Crippen LogP contribution in [0.3, 0.4) is 0 Å². The molecule has 1 rings (SSSR count). The van der Waals surface area contributed by atoms with Gasteiger partial charge in [-0.05, 0) is 24.6 Å². The van der Waals surface area contributed by atoms with Crippen LogP contribution in [0.5, 0.6) is 5.75 Å². The Bertz CT molecular complexity index is 463. The lowest BCUT2D eigenvalue weighted by molar-refractivity contribution is -0.140. The Hall–Kier alpha value is -1.24. The third kappa shape index (κ3) is 4.74. The molecule has 0 heterocycles. The van der Waals surface area contributed by atoms with Gasteiger partial charge in [-0.2, -0.15) is 13.2 Å². The SMILES string of the molecule is CCCN(CC(F)(F)F)C(=O)c1ccc(Br)cc1O. The monoisotopic (exact) mass is 339 g/mol. The smallest absolute Gasteiger partial charge is 0.406 e. The van der Waals surface area contributed by atoms with E-state index < -0.39 is 18.6 Å². The van der Waals surface area contributed by atoms with E-state index in [1.165, 1.54) is 18.2 Å². The Labute approximate surface area is 117 Å². The molecule has 0 radical (unpaired) electrons. The molecule has 106 valence electrons. The maximum absolute atomic E-state index is 12.4. The summed E-state index contributed by atoms with van der Waals surface area (Å²) < 4.78 is 37.8. The molecular weight excluding hydrogens is 327 g/mol. The van der Waals surface area contributed by atoms with Gasteiger partial charge in [0.1, 0.15) is 12.3 Å². The van der Waals surface area contributed by atoms with Crippen molar-refractivity contribution in [2.45, 2.75) is 19.5 Å². The Morgan fingerprint density at radius 2 is 2.05 bits per heavy atom. The number of carbonyl (C=O) groups is 1. The third-order valence-corrected chi connectivity index (χ3v) is 2.83. The number of phenols is 1. The number of alkyl halides is 3. The van der Waals surface area contributed by atoms with Gasteiger partial charge in [0, 0.05) is 11.0 Å². The summed E-state index contributed by atoms with van der Waals surface area (Å²) in [6, 6.07) is 4.05. The van der Waals surface area contributed by atoms with Gasteiger partial charge in [-0.25, -0.2) is 0 Å². The van der Waals surface area contributed by atoms with Crippen molar-refractivity contribution < 1.29 is 23.1 Å². The molecule has 0 bridgehead atoms. The summed E-state index contributed by atoms with van der Waals surface area (Å²) in [5.74, 6) is -1.17. The van der Waals surface area contributed by atoms with E-state index in [-0.39, 0.29) is 17.9 Å². The molecule has 0 saturated heterocycles. The molecule has 1 N–H and O–H groups in total. The lowest BCUT2D eigenvalue weighted by atomic mass is 10.1. The number of aromatic hydroxyl groups is 1. The van der Waals surface area contributed by atoms with E-state index in [0.717, 1.165) is 0 Å². The van der Waals surface area contributed by atoms with Crippen LogP contribution in [0.1, 0.15) is 23.7 Å². The zero-order chi connectivity index (χ0) is 14.6. The second-order valence-electron chi connectivity index (χ2n) is 4.00. The van der Waals surface area contributed by atoms with Crippen molar-refractivity contribution in [1.29, 1.82) is 0 Å². The van der Waals surface area contributed by atoms with Crippen LogP contribution >= 0.6 is 15.9 Å². The fourth-order valence-corrected chi connectivity index (χ4v) is 1.94. The highest BCUT2D eigenvalue weighted by Crippen LogP contribution is 2.25. The van der Waals surface area contributed by atoms with Crippen molar-refractivity contribution in [3.8, 4) is 5.75 Å². The molecule has 0 spiro atoms. The van der Waals surface area contributed by atoms with E-state index in [2.05, 4.69) is 15.9 Å². The molecule has 0 atom stereocenters. The number of hydrogen-bond acceptors (Lipinski definition) is 2. The number of carbonyl (C=O) groups excluding carboxylic acids is 1. The minimum atomic E-state index is -4.46. The maximum Gasteiger partial charge on any atom is 0.406 e. The number of benzene rings is 1. The first-order valence-electron chi connectivity index (χ1n) is 5.59. The van der Waals surface area contributed by atoms with Crippen molar-refractivity contribution in [3.05, 3.63) is 28.2 Å². The second-order valence-corrected chi connectivity index (χ2v) is 4.92. The highest BCUT2D eigenvalue weighted by Gasteiger charge is 2.33. The van der Waals surface area contributed by atoms with Crippen molar-refractivity contribution in [2.24, 2.45) is 0 Å². The summed E-state index contributed by atoms with van der Waals surface area (Å²) in [6.07, 6.45) is -4.06. The molecule has 0 saturated carbocycles. The Kier molecular flexibility index (Phi) is 5.22. The molecule has 0 aliphatic carbocycles. The highest BCUT2D eigenvalue weighted by atomic mass is 79.9. The summed E-state index contributed by atoms with van der Waals surface area (Å²) in [7, 11) is 0. The van der Waals surface area contributed by atoms with Crippen LogP contribution in [0.2, 0.25) is 0 Å². The molecule has 0 fully saturated rings. The maximum atomic E-state index is 12.4. The number of halogens is 4. The minimum Gasteiger partial charge on any atom is -0.507 e. The van der Waals surface area contributed by atoms with Gasteiger partial charge >= 0.3 is 6.18 Å². The lowest BCUT2D eigenvalue weighted by Gasteiger charge is -2.23. The van der Waals surface area contributed by atoms with Gasteiger partial charge in [0.15, 0.2) is 0 Å². The number of phenolic OH excluding ortho intramolecular Hbond substituents is 1. The van der Waals surface area contributed by atoms with Gasteiger partial charge < -0.3 is 10.0 Å². The Morgan fingerprint density at radius 1 is 1.42 bits per heavy atom. The third-order valence-electron chi connectivity index (χ3n) is 2.34. The van der Waals surface area contributed by atoms with E-state index in [9.17, 15) is 23.1 Å². The highest BCUT2D eigenvalue weighted by molar-refractivity contribution is 9.10. The summed E-state index contributed by atoms with van der Waals surface area (Å²) in [5, 5.41) is 9.62. The van der Waals surface area contributed by atoms with Crippen LogP contribution in [0.4, 0.5) is 13.2 Å². The van der Waals surface area contributed by atoms with Crippen molar-refractivity contribution in [2.75, 3.05) is 13.1 Å². The predicted octanol–water partition coefficient (Wildman–Crippen LogP) is 3.57. The number of amides is 1. The van der Waals surface area contributed by atoms with Gasteiger partial charge in [-0.15, -0.1) is 0 Å². The fourth-order valence-electron chi connectivity index (χ4n) is 1.59. The normalized spacial score (nSPS) is 11.4. The molecule has 1 amide bonds. The first kappa shape index (κ1) is 15.8. The Morgan fingerprint density at radius 3 is 2.53 bits per heavy atom. The van der Waals surface area contributed by atoms with Crippen LogP contribution in [-0.2, 0) is 0 Å². The summed E-state index contributed by atoms with van der Waals surface area (Å²) in [6.45, 7) is 0.334.